The minimum atomic E-state index is -0.295. The third-order valence-electron chi connectivity index (χ3n) is 1.90. The molecule has 0 aliphatic heterocycles. The first-order valence-corrected chi connectivity index (χ1v) is 5.35. The summed E-state index contributed by atoms with van der Waals surface area (Å²) in [6, 6.07) is 3.27. The number of hydrogen-bond donors (Lipinski definition) is 1. The minimum absolute atomic E-state index is 0.0280. The van der Waals surface area contributed by atoms with E-state index in [2.05, 4.69) is 20.9 Å². The highest BCUT2D eigenvalue weighted by Crippen LogP contribution is 2.20. The Morgan fingerprint density at radius 3 is 2.81 bits per heavy atom. The second kappa shape index (κ2) is 5.72. The fourth-order valence-electron chi connectivity index (χ4n) is 1.26. The van der Waals surface area contributed by atoms with Gasteiger partial charge in [0, 0.05) is 0 Å². The van der Waals surface area contributed by atoms with Crippen LogP contribution in [0, 0.1) is 0 Å². The number of aliphatic hydroxyl groups is 1. The average Bonchev–Trinajstić information content (AvgIpc) is 2.25. The average molecular weight is 287 g/mol. The van der Waals surface area contributed by atoms with Crippen molar-refractivity contribution in [3.05, 3.63) is 22.4 Å². The van der Waals surface area contributed by atoms with Gasteiger partial charge in [0.15, 0.2) is 0 Å². The summed E-state index contributed by atoms with van der Waals surface area (Å²) in [7, 11) is 0. The third kappa shape index (κ3) is 3.11. The van der Waals surface area contributed by atoms with E-state index in [-0.39, 0.29) is 18.9 Å². The van der Waals surface area contributed by atoms with E-state index < -0.39 is 0 Å². The van der Waals surface area contributed by atoms with E-state index in [1.54, 1.807) is 12.1 Å². The maximum Gasteiger partial charge on any atom is 0.214 e. The summed E-state index contributed by atoms with van der Waals surface area (Å²) >= 11 is 3.16. The Bertz CT molecular complexity index is 409. The number of ketones is 1. The molecule has 0 aromatic carbocycles. The van der Waals surface area contributed by atoms with Crippen LogP contribution >= 0.6 is 15.9 Å². The fraction of sp³-hybridized carbons (Fsp3) is 0.300. The van der Waals surface area contributed by atoms with Crippen LogP contribution in [-0.2, 0) is 16.2 Å². The molecular formula is C10H11BrN2O3. The molecule has 1 aromatic rings. The topological polar surface area (TPSA) is 70.5 Å². The van der Waals surface area contributed by atoms with Crippen molar-refractivity contribution in [2.24, 2.45) is 0 Å². The lowest BCUT2D eigenvalue weighted by Gasteiger charge is -2.18. The second-order valence-electron chi connectivity index (χ2n) is 3.19. The molecule has 0 radical (unpaired) electrons. The molecule has 0 fully saturated rings. The summed E-state index contributed by atoms with van der Waals surface area (Å²) in [5.41, 5.74) is 0.790. The van der Waals surface area contributed by atoms with E-state index in [1.807, 2.05) is 0 Å². The van der Waals surface area contributed by atoms with Gasteiger partial charge in [-0.2, -0.15) is 0 Å². The molecule has 0 spiro atoms. The summed E-state index contributed by atoms with van der Waals surface area (Å²) in [4.78, 5) is 27.0. The Kier molecular flexibility index (Phi) is 4.57. The molecular weight excluding hydrogens is 276 g/mol. The number of Topliss-reactive ketones (excluding diaryl/α,β-unsaturated/α-hetero) is 1. The Balaban J connectivity index is 3.08. The predicted molar refractivity (Wildman–Crippen MR) is 62.0 cm³/mol. The zero-order valence-corrected chi connectivity index (χ0v) is 10.3. The third-order valence-corrected chi connectivity index (χ3v) is 2.34. The molecule has 0 bridgehead atoms. The van der Waals surface area contributed by atoms with Crippen LogP contribution in [0.1, 0.15) is 12.6 Å². The molecule has 5 nitrogen and oxygen atoms in total. The van der Waals surface area contributed by atoms with Crippen molar-refractivity contribution in [2.75, 3.05) is 11.4 Å². The van der Waals surface area contributed by atoms with Gasteiger partial charge in [0.1, 0.15) is 10.4 Å². The highest BCUT2D eigenvalue weighted by Gasteiger charge is 2.13. The second-order valence-corrected chi connectivity index (χ2v) is 4.01. The minimum Gasteiger partial charge on any atom is -0.390 e. The van der Waals surface area contributed by atoms with Crippen molar-refractivity contribution in [2.45, 2.75) is 13.5 Å². The number of carbonyl (C=O) groups excluding carboxylic acids is 2. The summed E-state index contributed by atoms with van der Waals surface area (Å²) in [5.74, 6) is -0.140. The maximum atomic E-state index is 11.0. The van der Waals surface area contributed by atoms with Gasteiger partial charge in [0.05, 0.1) is 24.5 Å². The van der Waals surface area contributed by atoms with Crippen molar-refractivity contribution in [1.29, 1.82) is 0 Å². The van der Waals surface area contributed by atoms with Gasteiger partial charge < -0.3 is 10.0 Å². The van der Waals surface area contributed by atoms with E-state index in [0.29, 0.717) is 22.4 Å². The molecule has 6 heteroatoms. The number of hydrogen-bond acceptors (Lipinski definition) is 4. The first kappa shape index (κ1) is 12.8. The quantitative estimate of drug-likeness (QED) is 0.645. The molecule has 0 saturated heterocycles. The summed E-state index contributed by atoms with van der Waals surface area (Å²) in [6.45, 7) is 1.07. The molecule has 1 aromatic heterocycles. The number of rotatable bonds is 5. The Morgan fingerprint density at radius 1 is 1.62 bits per heavy atom. The van der Waals surface area contributed by atoms with Gasteiger partial charge in [-0.3, -0.25) is 9.59 Å². The number of halogens is 1. The molecule has 0 saturated carbocycles. The van der Waals surface area contributed by atoms with E-state index in [1.165, 1.54) is 11.8 Å². The maximum absolute atomic E-state index is 11.0. The Hall–Kier alpha value is -1.27. The van der Waals surface area contributed by atoms with E-state index in [9.17, 15) is 9.59 Å². The molecule has 0 aliphatic rings. The fourth-order valence-corrected chi connectivity index (χ4v) is 1.61. The van der Waals surface area contributed by atoms with Crippen LogP contribution in [0.15, 0.2) is 16.7 Å². The zero-order valence-electron chi connectivity index (χ0n) is 8.68. The summed E-state index contributed by atoms with van der Waals surface area (Å²) < 4.78 is 0.564. The van der Waals surface area contributed by atoms with Crippen LogP contribution < -0.4 is 4.90 Å². The van der Waals surface area contributed by atoms with Crippen LogP contribution in [0.3, 0.4) is 0 Å². The molecule has 0 unspecified atom stereocenters. The first-order chi connectivity index (χ1) is 7.58. The van der Waals surface area contributed by atoms with Gasteiger partial charge >= 0.3 is 0 Å². The number of nitrogens with zero attached hydrogens (tertiary/aromatic N) is 2. The van der Waals surface area contributed by atoms with Crippen molar-refractivity contribution in [3.8, 4) is 0 Å². The monoisotopic (exact) mass is 286 g/mol. The van der Waals surface area contributed by atoms with Crippen molar-refractivity contribution >= 4 is 33.8 Å². The summed E-state index contributed by atoms with van der Waals surface area (Å²) in [5, 5.41) is 9.11. The standard InChI is InChI=1S/C10H11BrN2O3/c1-7(16)4-13(6-15)9-2-3-10(11)12-8(9)5-14/h2-3,6,14H,4-5H2,1H3. The smallest absolute Gasteiger partial charge is 0.214 e. The number of aromatic nitrogens is 1. The number of carbonyl (C=O) groups is 2. The van der Waals surface area contributed by atoms with Crippen molar-refractivity contribution in [3.63, 3.8) is 0 Å². The molecule has 0 aliphatic carbocycles. The highest BCUT2D eigenvalue weighted by molar-refractivity contribution is 9.10. The van der Waals surface area contributed by atoms with Crippen molar-refractivity contribution in [1.82, 2.24) is 4.98 Å². The SMILES string of the molecule is CC(=O)CN(C=O)c1ccc(Br)nc1CO. The number of amides is 1. The molecule has 0 atom stereocenters. The molecule has 1 N–H and O–H groups in total. The lowest BCUT2D eigenvalue weighted by Crippen LogP contribution is -2.28. The van der Waals surface area contributed by atoms with Gasteiger partial charge in [-0.25, -0.2) is 4.98 Å². The van der Waals surface area contributed by atoms with Crippen LogP contribution in [0.2, 0.25) is 0 Å². The zero-order chi connectivity index (χ0) is 12.1. The van der Waals surface area contributed by atoms with Gasteiger partial charge in [-0.05, 0) is 35.0 Å². The first-order valence-electron chi connectivity index (χ1n) is 4.56. The van der Waals surface area contributed by atoms with Crippen molar-refractivity contribution < 1.29 is 14.7 Å². The molecule has 1 rings (SSSR count). The van der Waals surface area contributed by atoms with Crippen LogP contribution in [0.25, 0.3) is 0 Å². The molecule has 1 amide bonds. The Morgan fingerprint density at radius 2 is 2.31 bits per heavy atom. The van der Waals surface area contributed by atoms with Gasteiger partial charge in [0.25, 0.3) is 0 Å². The largest absolute Gasteiger partial charge is 0.390 e. The van der Waals surface area contributed by atoms with Crippen LogP contribution in [-0.4, -0.2) is 28.8 Å². The van der Waals surface area contributed by atoms with Crippen LogP contribution in [0.5, 0.6) is 0 Å². The van der Waals surface area contributed by atoms with Crippen LogP contribution in [0.4, 0.5) is 5.69 Å². The van der Waals surface area contributed by atoms with Gasteiger partial charge in [0.2, 0.25) is 6.41 Å². The van der Waals surface area contributed by atoms with E-state index in [4.69, 9.17) is 5.11 Å². The highest BCUT2D eigenvalue weighted by atomic mass is 79.9. The van der Waals surface area contributed by atoms with Gasteiger partial charge in [-0.1, -0.05) is 0 Å². The normalized spacial score (nSPS) is 9.94. The van der Waals surface area contributed by atoms with E-state index in [0.717, 1.165) is 0 Å². The molecule has 86 valence electrons. The number of pyridine rings is 1. The molecule has 16 heavy (non-hydrogen) atoms. The predicted octanol–water partition coefficient (Wildman–Crippen LogP) is 0.888. The number of aliphatic hydroxyl groups excluding tert-OH is 1. The Labute approximate surface area is 101 Å². The lowest BCUT2D eigenvalue weighted by molar-refractivity contribution is -0.117. The number of anilines is 1. The summed E-state index contributed by atoms with van der Waals surface area (Å²) in [6.07, 6.45) is 0.547. The van der Waals surface area contributed by atoms with Gasteiger partial charge in [-0.15, -0.1) is 0 Å². The molecule has 1 heterocycles. The lowest BCUT2D eigenvalue weighted by atomic mass is 10.2. The van der Waals surface area contributed by atoms with E-state index >= 15 is 0 Å².